The molecular formula is C10H15FO. The first-order chi connectivity index (χ1) is 5.74. The summed E-state index contributed by atoms with van der Waals surface area (Å²) < 4.78 is 16.6. The summed E-state index contributed by atoms with van der Waals surface area (Å²) >= 11 is 0. The molecule has 0 aliphatic rings. The molecule has 12 heavy (non-hydrogen) atoms. The average Bonchev–Trinajstić information content (AvgIpc) is 2.06. The van der Waals surface area contributed by atoms with Gasteiger partial charge in [0.25, 0.3) is 0 Å². The molecule has 2 heteroatoms. The minimum atomic E-state index is -0.144. The molecule has 68 valence electrons. The smallest absolute Gasteiger partial charge is 0.123 e. The molecule has 1 aromatic carbocycles. The molecule has 1 rings (SSSR count). The van der Waals surface area contributed by atoms with Crippen LogP contribution in [-0.2, 0) is 11.2 Å². The Morgan fingerprint density at radius 1 is 1.33 bits per heavy atom. The third kappa shape index (κ3) is 4.85. The van der Waals surface area contributed by atoms with Crippen LogP contribution >= 0.6 is 0 Å². The normalized spacial score (nSPS) is 8.67. The number of ether oxygens (including phenoxy) is 1. The van der Waals surface area contributed by atoms with Crippen molar-refractivity contribution < 1.29 is 9.13 Å². The lowest BCUT2D eigenvalue weighted by Gasteiger charge is -1.92. The summed E-state index contributed by atoms with van der Waals surface area (Å²) in [5.41, 5.74) is 1.05. The molecule has 0 atom stereocenters. The summed E-state index contributed by atoms with van der Waals surface area (Å²) in [6.45, 7) is 2.01. The van der Waals surface area contributed by atoms with Crippen molar-refractivity contribution >= 4 is 0 Å². The summed E-state index contributed by atoms with van der Waals surface area (Å²) in [6.07, 6.45) is 0.901. The van der Waals surface area contributed by atoms with E-state index < -0.39 is 0 Å². The van der Waals surface area contributed by atoms with Gasteiger partial charge in [0.1, 0.15) is 5.82 Å². The van der Waals surface area contributed by atoms with E-state index in [0.29, 0.717) is 0 Å². The summed E-state index contributed by atoms with van der Waals surface area (Å²) in [7, 11) is 3.25. The molecule has 0 unspecified atom stereocenters. The van der Waals surface area contributed by atoms with Crippen molar-refractivity contribution in [3.63, 3.8) is 0 Å². The lowest BCUT2D eigenvalue weighted by molar-refractivity contribution is 0.277. The summed E-state index contributed by atoms with van der Waals surface area (Å²) in [5.74, 6) is -0.144. The first-order valence-corrected chi connectivity index (χ1v) is 3.89. The average molecular weight is 170 g/mol. The largest absolute Gasteiger partial charge is 0.388 e. The Kier molecular flexibility index (Phi) is 6.29. The standard InChI is InChI=1S/C8H9F.C2H6O/c1-2-7-4-3-5-8(9)6-7;1-3-2/h3-6H,2H2,1H3;1-2H3. The molecule has 0 saturated heterocycles. The van der Waals surface area contributed by atoms with Gasteiger partial charge in [-0.3, -0.25) is 0 Å². The Bertz CT molecular complexity index is 211. The van der Waals surface area contributed by atoms with Gasteiger partial charge < -0.3 is 4.74 Å². The zero-order valence-corrected chi connectivity index (χ0v) is 7.80. The van der Waals surface area contributed by atoms with E-state index in [2.05, 4.69) is 4.74 Å². The van der Waals surface area contributed by atoms with Gasteiger partial charge in [0, 0.05) is 14.2 Å². The second-order valence-electron chi connectivity index (χ2n) is 2.39. The van der Waals surface area contributed by atoms with E-state index in [1.54, 1.807) is 26.4 Å². The minimum absolute atomic E-state index is 0.144. The Morgan fingerprint density at radius 3 is 2.25 bits per heavy atom. The molecule has 1 aromatic rings. The van der Waals surface area contributed by atoms with Gasteiger partial charge in [0.2, 0.25) is 0 Å². The van der Waals surface area contributed by atoms with Gasteiger partial charge in [-0.1, -0.05) is 19.1 Å². The van der Waals surface area contributed by atoms with Gasteiger partial charge in [-0.15, -0.1) is 0 Å². The molecule has 0 bridgehead atoms. The molecule has 0 saturated carbocycles. The summed E-state index contributed by atoms with van der Waals surface area (Å²) in [6, 6.07) is 6.66. The molecule has 0 amide bonds. The summed E-state index contributed by atoms with van der Waals surface area (Å²) in [5, 5.41) is 0. The van der Waals surface area contributed by atoms with Gasteiger partial charge >= 0.3 is 0 Å². The lowest BCUT2D eigenvalue weighted by atomic mass is 10.2. The predicted molar refractivity (Wildman–Crippen MR) is 48.7 cm³/mol. The number of rotatable bonds is 1. The Morgan fingerprint density at radius 2 is 1.92 bits per heavy atom. The van der Waals surface area contributed by atoms with Gasteiger partial charge in [-0.25, -0.2) is 4.39 Å². The minimum Gasteiger partial charge on any atom is -0.388 e. The van der Waals surface area contributed by atoms with Crippen LogP contribution in [0.4, 0.5) is 4.39 Å². The Labute approximate surface area is 73.2 Å². The maximum Gasteiger partial charge on any atom is 0.123 e. The highest BCUT2D eigenvalue weighted by molar-refractivity contribution is 5.15. The highest BCUT2D eigenvalue weighted by atomic mass is 19.1. The second kappa shape index (κ2) is 6.80. The fourth-order valence-corrected chi connectivity index (χ4v) is 0.757. The van der Waals surface area contributed by atoms with E-state index in [1.165, 1.54) is 6.07 Å². The van der Waals surface area contributed by atoms with Crippen LogP contribution in [0.3, 0.4) is 0 Å². The van der Waals surface area contributed by atoms with Crippen LogP contribution in [0.25, 0.3) is 0 Å². The molecule has 0 N–H and O–H groups in total. The molecule has 0 aromatic heterocycles. The summed E-state index contributed by atoms with van der Waals surface area (Å²) in [4.78, 5) is 0. The Balaban J connectivity index is 0.000000354. The van der Waals surface area contributed by atoms with E-state index in [-0.39, 0.29) is 5.82 Å². The zero-order chi connectivity index (χ0) is 9.40. The van der Waals surface area contributed by atoms with Crippen LogP contribution < -0.4 is 0 Å². The second-order valence-corrected chi connectivity index (χ2v) is 2.39. The van der Waals surface area contributed by atoms with E-state index >= 15 is 0 Å². The maximum absolute atomic E-state index is 12.4. The predicted octanol–water partition coefficient (Wildman–Crippen LogP) is 2.65. The van der Waals surface area contributed by atoms with Crippen molar-refractivity contribution in [1.29, 1.82) is 0 Å². The number of benzene rings is 1. The van der Waals surface area contributed by atoms with Gasteiger partial charge in [-0.05, 0) is 24.1 Å². The molecule has 0 radical (unpaired) electrons. The maximum atomic E-state index is 12.4. The van der Waals surface area contributed by atoms with E-state index in [4.69, 9.17) is 0 Å². The number of hydrogen-bond donors (Lipinski definition) is 0. The molecule has 0 heterocycles. The molecule has 0 spiro atoms. The van der Waals surface area contributed by atoms with Crippen LogP contribution in [0.1, 0.15) is 12.5 Å². The quantitative estimate of drug-likeness (QED) is 0.629. The first-order valence-electron chi connectivity index (χ1n) is 3.89. The van der Waals surface area contributed by atoms with Crippen LogP contribution in [0.5, 0.6) is 0 Å². The van der Waals surface area contributed by atoms with Crippen molar-refractivity contribution in [2.75, 3.05) is 14.2 Å². The monoisotopic (exact) mass is 170 g/mol. The van der Waals surface area contributed by atoms with Crippen LogP contribution in [-0.4, -0.2) is 14.2 Å². The van der Waals surface area contributed by atoms with Crippen molar-refractivity contribution in [2.45, 2.75) is 13.3 Å². The molecular weight excluding hydrogens is 155 g/mol. The number of hydrogen-bond acceptors (Lipinski definition) is 1. The van der Waals surface area contributed by atoms with Crippen molar-refractivity contribution in [3.8, 4) is 0 Å². The molecule has 1 nitrogen and oxygen atoms in total. The number of methoxy groups -OCH3 is 1. The fourth-order valence-electron chi connectivity index (χ4n) is 0.757. The number of aryl methyl sites for hydroxylation is 1. The Hall–Kier alpha value is -0.890. The van der Waals surface area contributed by atoms with Gasteiger partial charge in [-0.2, -0.15) is 0 Å². The lowest BCUT2D eigenvalue weighted by Crippen LogP contribution is -1.79. The first kappa shape index (κ1) is 11.1. The zero-order valence-electron chi connectivity index (χ0n) is 7.80. The van der Waals surface area contributed by atoms with Gasteiger partial charge in [0.05, 0.1) is 0 Å². The van der Waals surface area contributed by atoms with Crippen molar-refractivity contribution in [2.24, 2.45) is 0 Å². The highest BCUT2D eigenvalue weighted by Gasteiger charge is 1.88. The van der Waals surface area contributed by atoms with Crippen molar-refractivity contribution in [1.82, 2.24) is 0 Å². The van der Waals surface area contributed by atoms with Crippen molar-refractivity contribution in [3.05, 3.63) is 35.6 Å². The number of halogens is 1. The third-order valence-corrected chi connectivity index (χ3v) is 1.30. The van der Waals surface area contributed by atoms with Gasteiger partial charge in [0.15, 0.2) is 0 Å². The van der Waals surface area contributed by atoms with E-state index in [1.807, 2.05) is 13.0 Å². The van der Waals surface area contributed by atoms with Crippen LogP contribution in [0, 0.1) is 5.82 Å². The van der Waals surface area contributed by atoms with E-state index in [9.17, 15) is 4.39 Å². The van der Waals surface area contributed by atoms with E-state index in [0.717, 1.165) is 12.0 Å². The topological polar surface area (TPSA) is 9.23 Å². The van der Waals surface area contributed by atoms with Crippen LogP contribution in [0.15, 0.2) is 24.3 Å². The SMILES string of the molecule is CCc1cccc(F)c1.COC. The molecule has 0 aliphatic heterocycles. The molecule has 0 fully saturated rings. The fraction of sp³-hybridized carbons (Fsp3) is 0.400. The third-order valence-electron chi connectivity index (χ3n) is 1.30. The highest BCUT2D eigenvalue weighted by Crippen LogP contribution is 2.02. The molecule has 0 aliphatic carbocycles. The van der Waals surface area contributed by atoms with Crippen LogP contribution in [0.2, 0.25) is 0 Å².